The van der Waals surface area contributed by atoms with Gasteiger partial charge >= 0.3 is 0 Å². The van der Waals surface area contributed by atoms with E-state index in [4.69, 9.17) is 4.74 Å². The fraction of sp³-hybridized carbons (Fsp3) is 0.0526. The van der Waals surface area contributed by atoms with Crippen molar-refractivity contribution in [2.45, 2.75) is 20.8 Å². The minimum absolute atomic E-state index is 0.0348. The Labute approximate surface area is 351 Å². The van der Waals surface area contributed by atoms with Crippen LogP contribution >= 0.6 is 0 Å². The molecular formula is C57H40BNO. The molecule has 12 rings (SSSR count). The molecule has 0 radical (unpaired) electrons. The molecule has 282 valence electrons. The molecule has 10 aromatic rings. The second-order valence-electron chi connectivity index (χ2n) is 16.6. The summed E-state index contributed by atoms with van der Waals surface area (Å²) in [6.07, 6.45) is 0. The van der Waals surface area contributed by atoms with Crippen LogP contribution in [0.1, 0.15) is 16.7 Å². The number of hydrogen-bond donors (Lipinski definition) is 0. The Morgan fingerprint density at radius 2 is 0.983 bits per heavy atom. The molecule has 2 aliphatic heterocycles. The van der Waals surface area contributed by atoms with Crippen molar-refractivity contribution in [2.75, 3.05) is 0 Å². The van der Waals surface area contributed by atoms with Gasteiger partial charge in [0, 0.05) is 22.0 Å². The van der Waals surface area contributed by atoms with E-state index in [0.29, 0.717) is 0 Å². The van der Waals surface area contributed by atoms with Gasteiger partial charge in [-0.05, 0) is 140 Å². The van der Waals surface area contributed by atoms with E-state index in [-0.39, 0.29) is 6.71 Å². The quantitative estimate of drug-likeness (QED) is 0.159. The number of aromatic nitrogens is 1. The zero-order valence-corrected chi connectivity index (χ0v) is 33.8. The second kappa shape index (κ2) is 13.3. The van der Waals surface area contributed by atoms with Crippen LogP contribution in [0.5, 0.6) is 11.5 Å². The van der Waals surface area contributed by atoms with E-state index in [1.54, 1.807) is 0 Å². The van der Waals surface area contributed by atoms with Gasteiger partial charge in [-0.2, -0.15) is 0 Å². The van der Waals surface area contributed by atoms with Crippen molar-refractivity contribution in [3.05, 3.63) is 205 Å². The lowest BCUT2D eigenvalue weighted by atomic mass is 9.34. The molecule has 3 heterocycles. The van der Waals surface area contributed by atoms with Gasteiger partial charge in [0.15, 0.2) is 0 Å². The van der Waals surface area contributed by atoms with Crippen LogP contribution in [0.2, 0.25) is 0 Å². The predicted octanol–water partition coefficient (Wildman–Crippen LogP) is 13.0. The number of fused-ring (bicyclic) bond motifs is 7. The topological polar surface area (TPSA) is 14.2 Å². The summed E-state index contributed by atoms with van der Waals surface area (Å²) in [7, 11) is 0. The summed E-state index contributed by atoms with van der Waals surface area (Å²) in [5.41, 5.74) is 23.5. The maximum absolute atomic E-state index is 6.90. The molecule has 0 atom stereocenters. The lowest BCUT2D eigenvalue weighted by Gasteiger charge is -2.34. The molecule has 0 saturated carbocycles. The summed E-state index contributed by atoms with van der Waals surface area (Å²) >= 11 is 0. The molecular weight excluding hydrogens is 725 g/mol. The van der Waals surface area contributed by atoms with Crippen LogP contribution in [0.4, 0.5) is 0 Å². The first-order valence-electron chi connectivity index (χ1n) is 21.0. The minimum Gasteiger partial charge on any atom is -0.458 e. The van der Waals surface area contributed by atoms with Crippen LogP contribution in [0.15, 0.2) is 188 Å². The lowest BCUT2D eigenvalue weighted by molar-refractivity contribution is 0.487. The first kappa shape index (κ1) is 34.7. The van der Waals surface area contributed by atoms with E-state index in [0.717, 1.165) is 11.5 Å². The van der Waals surface area contributed by atoms with Crippen molar-refractivity contribution in [1.29, 1.82) is 0 Å². The molecule has 0 spiro atoms. The van der Waals surface area contributed by atoms with E-state index in [2.05, 4.69) is 213 Å². The SMILES string of the molecule is Cc1cc(C)c(-c2ccc3c(c2)B2c4c(cccc4-n4c5ccc(-c6ccccc6-c6ccccc6)cc5c5cc(-c6ccccc6-c6ccccc6)cc2c54)O3)c(C)c1. The molecule has 1 aromatic heterocycles. The van der Waals surface area contributed by atoms with Crippen molar-refractivity contribution in [3.8, 4) is 72.8 Å². The number of ether oxygens (including phenoxy) is 1. The predicted molar refractivity (Wildman–Crippen MR) is 253 cm³/mol. The number of rotatable bonds is 5. The van der Waals surface area contributed by atoms with Gasteiger partial charge in [-0.1, -0.05) is 157 Å². The molecule has 3 heteroatoms. The molecule has 2 nitrogen and oxygen atoms in total. The zero-order chi connectivity index (χ0) is 40.1. The van der Waals surface area contributed by atoms with Crippen molar-refractivity contribution in [2.24, 2.45) is 0 Å². The molecule has 60 heavy (non-hydrogen) atoms. The van der Waals surface area contributed by atoms with Crippen LogP contribution in [-0.2, 0) is 0 Å². The highest BCUT2D eigenvalue weighted by atomic mass is 16.5. The normalized spacial score (nSPS) is 12.3. The van der Waals surface area contributed by atoms with Gasteiger partial charge in [0.2, 0.25) is 0 Å². The fourth-order valence-electron chi connectivity index (χ4n) is 10.5. The smallest absolute Gasteiger partial charge is 0.256 e. The highest BCUT2D eigenvalue weighted by Gasteiger charge is 2.41. The number of benzene rings is 9. The Morgan fingerprint density at radius 3 is 1.65 bits per heavy atom. The minimum atomic E-state index is -0.0348. The van der Waals surface area contributed by atoms with E-state index >= 15 is 0 Å². The Balaban J connectivity index is 1.17. The van der Waals surface area contributed by atoms with Crippen LogP contribution in [0.25, 0.3) is 83.1 Å². The summed E-state index contributed by atoms with van der Waals surface area (Å²) in [6, 6.07) is 69.3. The third kappa shape index (κ3) is 5.22. The van der Waals surface area contributed by atoms with Gasteiger partial charge in [-0.15, -0.1) is 0 Å². The second-order valence-corrected chi connectivity index (χ2v) is 16.6. The average molecular weight is 766 g/mol. The van der Waals surface area contributed by atoms with Gasteiger partial charge < -0.3 is 9.30 Å². The number of hydrogen-bond acceptors (Lipinski definition) is 1. The van der Waals surface area contributed by atoms with E-state index in [9.17, 15) is 0 Å². The molecule has 2 aliphatic rings. The van der Waals surface area contributed by atoms with E-state index in [1.165, 1.54) is 116 Å². The molecule has 0 fully saturated rings. The molecule has 0 bridgehead atoms. The molecule has 0 amide bonds. The molecule has 0 N–H and O–H groups in total. The Morgan fingerprint density at radius 1 is 0.417 bits per heavy atom. The van der Waals surface area contributed by atoms with E-state index < -0.39 is 0 Å². The van der Waals surface area contributed by atoms with Crippen molar-refractivity contribution in [3.63, 3.8) is 0 Å². The molecule has 9 aromatic carbocycles. The van der Waals surface area contributed by atoms with Crippen LogP contribution in [0, 0.1) is 20.8 Å². The highest BCUT2D eigenvalue weighted by molar-refractivity contribution is 6.99. The molecule has 0 unspecified atom stereocenters. The maximum Gasteiger partial charge on any atom is 0.256 e. The molecule has 0 saturated heterocycles. The Hall–Kier alpha value is -7.36. The summed E-state index contributed by atoms with van der Waals surface area (Å²) in [4.78, 5) is 0. The summed E-state index contributed by atoms with van der Waals surface area (Å²) in [5, 5.41) is 2.49. The van der Waals surface area contributed by atoms with Crippen LogP contribution in [0.3, 0.4) is 0 Å². The standard InChI is InChI=1S/C57H40BNO/c1-35-29-36(2)55(37(3)30-35)41-26-28-53-49(33-41)58-50-34-42(46-22-13-11-20-44(46)39-17-8-5-9-18-39)32-48-47-31-40(45-21-12-10-19-43(45)38-15-6-4-7-16-38)25-27-51(47)59(57(48)50)52-23-14-24-54(60-53)56(52)58/h4-34H,1-3H3. The summed E-state index contributed by atoms with van der Waals surface area (Å²) < 4.78 is 9.42. The fourth-order valence-corrected chi connectivity index (χ4v) is 10.5. The zero-order valence-electron chi connectivity index (χ0n) is 33.8. The first-order valence-corrected chi connectivity index (χ1v) is 21.0. The summed E-state index contributed by atoms with van der Waals surface area (Å²) in [6.45, 7) is 6.62. The van der Waals surface area contributed by atoms with E-state index in [1.807, 2.05) is 0 Å². The van der Waals surface area contributed by atoms with Crippen LogP contribution in [-0.4, -0.2) is 11.3 Å². The van der Waals surface area contributed by atoms with Crippen molar-refractivity contribution in [1.82, 2.24) is 4.57 Å². The van der Waals surface area contributed by atoms with Crippen molar-refractivity contribution >= 4 is 44.9 Å². The number of aryl methyl sites for hydroxylation is 3. The van der Waals surface area contributed by atoms with Crippen molar-refractivity contribution < 1.29 is 4.74 Å². The van der Waals surface area contributed by atoms with Gasteiger partial charge in [0.25, 0.3) is 6.71 Å². The third-order valence-corrected chi connectivity index (χ3v) is 12.9. The van der Waals surface area contributed by atoms with Gasteiger partial charge in [-0.3, -0.25) is 0 Å². The molecule has 0 aliphatic carbocycles. The average Bonchev–Trinajstić information content (AvgIpc) is 3.62. The third-order valence-electron chi connectivity index (χ3n) is 12.9. The lowest BCUT2D eigenvalue weighted by Crippen LogP contribution is -2.58. The van der Waals surface area contributed by atoms with Crippen LogP contribution < -0.4 is 21.1 Å². The van der Waals surface area contributed by atoms with Gasteiger partial charge in [0.1, 0.15) is 11.5 Å². The first-order chi connectivity index (χ1) is 29.5. The Kier molecular flexibility index (Phi) is 7.71. The van der Waals surface area contributed by atoms with Gasteiger partial charge in [0.05, 0.1) is 5.52 Å². The number of nitrogens with zero attached hydrogens (tertiary/aromatic N) is 1. The largest absolute Gasteiger partial charge is 0.458 e. The summed E-state index contributed by atoms with van der Waals surface area (Å²) in [5.74, 6) is 1.84. The maximum atomic E-state index is 6.90. The highest BCUT2D eigenvalue weighted by Crippen LogP contribution is 2.43. The Bertz CT molecular complexity index is 3360. The van der Waals surface area contributed by atoms with Gasteiger partial charge in [-0.25, -0.2) is 0 Å². The monoisotopic (exact) mass is 765 g/mol.